The lowest BCUT2D eigenvalue weighted by Crippen LogP contribution is -1.92. The van der Waals surface area contributed by atoms with E-state index >= 15 is 0 Å². The monoisotopic (exact) mass is 369 g/mol. The summed E-state index contributed by atoms with van der Waals surface area (Å²) in [4.78, 5) is 0. The summed E-state index contributed by atoms with van der Waals surface area (Å²) in [5, 5.41) is 5.18. The second kappa shape index (κ2) is 6.35. The molecule has 0 radical (unpaired) electrons. The summed E-state index contributed by atoms with van der Waals surface area (Å²) in [6.45, 7) is 0. The number of hydrogen-bond donors (Lipinski definition) is 0. The normalized spacial score (nSPS) is 11.4. The minimum absolute atomic E-state index is 1.19. The number of nitrogens with zero attached hydrogens (tertiary/aromatic N) is 1. The summed E-state index contributed by atoms with van der Waals surface area (Å²) in [6.07, 6.45) is 0. The minimum Gasteiger partial charge on any atom is -0.309 e. The van der Waals surface area contributed by atoms with Crippen LogP contribution in [0.4, 0.5) is 0 Å². The summed E-state index contributed by atoms with van der Waals surface area (Å²) >= 11 is 0. The van der Waals surface area contributed by atoms with Crippen molar-refractivity contribution in [2.75, 3.05) is 0 Å². The van der Waals surface area contributed by atoms with Crippen molar-refractivity contribution >= 4 is 32.6 Å². The zero-order valence-electron chi connectivity index (χ0n) is 15.9. The number of aromatic nitrogens is 1. The van der Waals surface area contributed by atoms with E-state index in [4.69, 9.17) is 0 Å². The molecule has 0 bridgehead atoms. The van der Waals surface area contributed by atoms with Gasteiger partial charge in [-0.05, 0) is 52.2 Å². The third-order valence-electron chi connectivity index (χ3n) is 5.78. The van der Waals surface area contributed by atoms with Gasteiger partial charge in [0.1, 0.15) is 0 Å². The SMILES string of the molecule is c1ccc(-c2ccc3ccc4c(c3c2)c2ccccc2n4-c2ccccc2)cc1. The predicted octanol–water partition coefficient (Wildman–Crippen LogP) is 7.60. The van der Waals surface area contributed by atoms with Crippen LogP contribution in [-0.2, 0) is 0 Å². The Morgan fingerprint density at radius 1 is 0.448 bits per heavy atom. The van der Waals surface area contributed by atoms with Gasteiger partial charge in [-0.2, -0.15) is 0 Å². The van der Waals surface area contributed by atoms with Crippen molar-refractivity contribution in [2.45, 2.75) is 0 Å². The van der Waals surface area contributed by atoms with E-state index < -0.39 is 0 Å². The van der Waals surface area contributed by atoms with E-state index in [9.17, 15) is 0 Å². The molecule has 5 aromatic carbocycles. The van der Waals surface area contributed by atoms with E-state index in [1.165, 1.54) is 49.4 Å². The maximum absolute atomic E-state index is 2.37. The smallest absolute Gasteiger partial charge is 0.0547 e. The van der Waals surface area contributed by atoms with E-state index in [0.29, 0.717) is 0 Å². The van der Waals surface area contributed by atoms with Gasteiger partial charge in [-0.15, -0.1) is 0 Å². The van der Waals surface area contributed by atoms with Crippen molar-refractivity contribution in [3.63, 3.8) is 0 Å². The maximum Gasteiger partial charge on any atom is 0.0547 e. The molecule has 0 aliphatic carbocycles. The van der Waals surface area contributed by atoms with E-state index in [2.05, 4.69) is 120 Å². The molecule has 0 saturated carbocycles. The quantitative estimate of drug-likeness (QED) is 0.296. The first-order valence-electron chi connectivity index (χ1n) is 9.97. The van der Waals surface area contributed by atoms with Crippen molar-refractivity contribution in [1.82, 2.24) is 4.57 Å². The highest BCUT2D eigenvalue weighted by molar-refractivity contribution is 6.21. The molecule has 0 amide bonds. The van der Waals surface area contributed by atoms with Crippen molar-refractivity contribution in [3.05, 3.63) is 115 Å². The predicted molar refractivity (Wildman–Crippen MR) is 124 cm³/mol. The van der Waals surface area contributed by atoms with Crippen molar-refractivity contribution < 1.29 is 0 Å². The Bertz CT molecular complexity index is 1480. The Kier molecular flexibility index (Phi) is 3.54. The Hall–Kier alpha value is -3.84. The van der Waals surface area contributed by atoms with E-state index in [1.807, 2.05) is 0 Å². The van der Waals surface area contributed by atoms with Gasteiger partial charge in [0, 0.05) is 16.5 Å². The van der Waals surface area contributed by atoms with Gasteiger partial charge in [0.15, 0.2) is 0 Å². The topological polar surface area (TPSA) is 4.93 Å². The van der Waals surface area contributed by atoms with Crippen LogP contribution >= 0.6 is 0 Å². The molecule has 0 spiro atoms. The van der Waals surface area contributed by atoms with Crippen LogP contribution in [0.1, 0.15) is 0 Å². The second-order valence-corrected chi connectivity index (χ2v) is 7.45. The van der Waals surface area contributed by atoms with Crippen LogP contribution in [0.2, 0.25) is 0 Å². The Morgan fingerprint density at radius 2 is 1.14 bits per heavy atom. The number of hydrogen-bond acceptors (Lipinski definition) is 0. The fourth-order valence-corrected chi connectivity index (χ4v) is 4.45. The molecule has 1 aromatic heterocycles. The molecule has 6 aromatic rings. The molecule has 0 aliphatic rings. The molecule has 1 heterocycles. The highest BCUT2D eigenvalue weighted by atomic mass is 15.0. The van der Waals surface area contributed by atoms with Gasteiger partial charge in [0.05, 0.1) is 11.0 Å². The lowest BCUT2D eigenvalue weighted by Gasteiger charge is -2.09. The van der Waals surface area contributed by atoms with E-state index in [0.717, 1.165) is 0 Å². The first kappa shape index (κ1) is 16.1. The third kappa shape index (κ3) is 2.48. The van der Waals surface area contributed by atoms with Crippen LogP contribution < -0.4 is 0 Å². The number of benzene rings is 5. The summed E-state index contributed by atoms with van der Waals surface area (Å²) in [6, 6.07) is 41.3. The Balaban J connectivity index is 1.76. The van der Waals surface area contributed by atoms with Crippen LogP contribution in [0.25, 0.3) is 49.4 Å². The van der Waals surface area contributed by atoms with Gasteiger partial charge in [0.25, 0.3) is 0 Å². The Morgan fingerprint density at radius 3 is 1.97 bits per heavy atom. The average molecular weight is 369 g/mol. The number of para-hydroxylation sites is 2. The Labute approximate surface area is 169 Å². The first-order chi connectivity index (χ1) is 14.4. The van der Waals surface area contributed by atoms with Gasteiger partial charge in [-0.1, -0.05) is 84.9 Å². The fourth-order valence-electron chi connectivity index (χ4n) is 4.45. The molecule has 0 aliphatic heterocycles. The molecular formula is C28H19N. The molecule has 1 heteroatoms. The summed E-state index contributed by atoms with van der Waals surface area (Å²) in [5.74, 6) is 0. The highest BCUT2D eigenvalue weighted by Gasteiger charge is 2.14. The molecule has 0 saturated heterocycles. The summed E-state index contributed by atoms with van der Waals surface area (Å²) < 4.78 is 2.37. The molecule has 0 fully saturated rings. The standard InChI is InChI=1S/C28H19N/c1-3-9-20(10-4-1)22-16-15-21-17-18-27-28(25(21)19-22)24-13-7-8-14-26(24)29(27)23-11-5-2-6-12-23/h1-19H. The number of fused-ring (bicyclic) bond motifs is 5. The van der Waals surface area contributed by atoms with Crippen molar-refractivity contribution in [3.8, 4) is 16.8 Å². The highest BCUT2D eigenvalue weighted by Crippen LogP contribution is 2.38. The van der Waals surface area contributed by atoms with E-state index in [1.54, 1.807) is 0 Å². The molecule has 0 N–H and O–H groups in total. The van der Waals surface area contributed by atoms with Crippen molar-refractivity contribution in [2.24, 2.45) is 0 Å². The lowest BCUT2D eigenvalue weighted by molar-refractivity contribution is 1.18. The summed E-state index contributed by atoms with van der Waals surface area (Å²) in [7, 11) is 0. The summed E-state index contributed by atoms with van der Waals surface area (Å²) in [5.41, 5.74) is 6.18. The van der Waals surface area contributed by atoms with Crippen LogP contribution in [0.5, 0.6) is 0 Å². The van der Waals surface area contributed by atoms with Crippen LogP contribution in [0, 0.1) is 0 Å². The second-order valence-electron chi connectivity index (χ2n) is 7.45. The minimum atomic E-state index is 1.19. The fraction of sp³-hybridized carbons (Fsp3) is 0. The average Bonchev–Trinajstić information content (AvgIpc) is 3.15. The maximum atomic E-state index is 2.37. The number of rotatable bonds is 2. The molecule has 0 unspecified atom stereocenters. The molecular weight excluding hydrogens is 350 g/mol. The van der Waals surface area contributed by atoms with Gasteiger partial charge in [0.2, 0.25) is 0 Å². The zero-order chi connectivity index (χ0) is 19.2. The van der Waals surface area contributed by atoms with Crippen molar-refractivity contribution in [1.29, 1.82) is 0 Å². The lowest BCUT2D eigenvalue weighted by atomic mass is 9.98. The molecule has 136 valence electrons. The molecule has 0 atom stereocenters. The first-order valence-corrected chi connectivity index (χ1v) is 9.97. The van der Waals surface area contributed by atoms with Gasteiger partial charge in [-0.3, -0.25) is 0 Å². The third-order valence-corrected chi connectivity index (χ3v) is 5.78. The van der Waals surface area contributed by atoms with Gasteiger partial charge >= 0.3 is 0 Å². The van der Waals surface area contributed by atoms with E-state index in [-0.39, 0.29) is 0 Å². The largest absolute Gasteiger partial charge is 0.309 e. The van der Waals surface area contributed by atoms with Gasteiger partial charge < -0.3 is 4.57 Å². The van der Waals surface area contributed by atoms with Crippen LogP contribution in [0.3, 0.4) is 0 Å². The molecule has 29 heavy (non-hydrogen) atoms. The van der Waals surface area contributed by atoms with Crippen LogP contribution in [0.15, 0.2) is 115 Å². The van der Waals surface area contributed by atoms with Crippen LogP contribution in [-0.4, -0.2) is 4.57 Å². The molecule has 1 nitrogen and oxygen atoms in total. The zero-order valence-corrected chi connectivity index (χ0v) is 15.9. The van der Waals surface area contributed by atoms with Gasteiger partial charge in [-0.25, -0.2) is 0 Å². The molecule has 6 rings (SSSR count).